The first-order chi connectivity index (χ1) is 4.33. The lowest BCUT2D eigenvalue weighted by molar-refractivity contribution is 1.43. The number of hydrogen-bond acceptors (Lipinski definition) is 1. The van der Waals surface area contributed by atoms with E-state index in [2.05, 4.69) is 0 Å². The zero-order valence-electron chi connectivity index (χ0n) is 5.29. The minimum absolute atomic E-state index is 0.835. The summed E-state index contributed by atoms with van der Waals surface area (Å²) in [6.07, 6.45) is 2.04. The molecule has 46 valence electrons. The Kier molecular flexibility index (Phi) is 2.17. The number of benzene rings is 1. The van der Waals surface area contributed by atoms with Crippen LogP contribution < -0.4 is 0 Å². The summed E-state index contributed by atoms with van der Waals surface area (Å²) in [5.74, 6) is 0. The summed E-state index contributed by atoms with van der Waals surface area (Å²) < 4.78 is 0. The van der Waals surface area contributed by atoms with Gasteiger partial charge < -0.3 is 0 Å². The monoisotopic (exact) mass is 136 g/mol. The van der Waals surface area contributed by atoms with Crippen LogP contribution in [0.1, 0.15) is 5.56 Å². The highest BCUT2D eigenvalue weighted by Crippen LogP contribution is 2.14. The fourth-order valence-corrected chi connectivity index (χ4v) is 1.11. The van der Waals surface area contributed by atoms with E-state index in [9.17, 15) is 0 Å². The number of hydrogen-bond donors (Lipinski definition) is 0. The van der Waals surface area contributed by atoms with E-state index < -0.39 is 0 Å². The van der Waals surface area contributed by atoms with Crippen LogP contribution >= 0.6 is 11.8 Å². The molecule has 9 heavy (non-hydrogen) atoms. The van der Waals surface area contributed by atoms with Crippen LogP contribution in [-0.2, 0) is 0 Å². The Morgan fingerprint density at radius 2 is 2.22 bits per heavy atom. The molecule has 0 fully saturated rings. The topological polar surface area (TPSA) is 0 Å². The molecule has 0 aromatic heterocycles. The normalized spacial score (nSPS) is 9.56. The van der Waals surface area contributed by atoms with E-state index in [0.717, 1.165) is 5.56 Å². The van der Waals surface area contributed by atoms with E-state index in [-0.39, 0.29) is 0 Å². The first kappa shape index (κ1) is 6.69. The third-order valence-corrected chi connectivity index (χ3v) is 1.82. The predicted octanol–water partition coefficient (Wildman–Crippen LogP) is 2.47. The van der Waals surface area contributed by atoms with Gasteiger partial charge >= 0.3 is 0 Å². The van der Waals surface area contributed by atoms with Crippen molar-refractivity contribution >= 4 is 11.8 Å². The van der Waals surface area contributed by atoms with Gasteiger partial charge in [0.15, 0.2) is 0 Å². The van der Waals surface area contributed by atoms with Gasteiger partial charge in [0.2, 0.25) is 0 Å². The first-order valence-electron chi connectivity index (χ1n) is 2.72. The molecule has 0 nitrogen and oxygen atoms in total. The van der Waals surface area contributed by atoms with Gasteiger partial charge in [0.25, 0.3) is 0 Å². The lowest BCUT2D eigenvalue weighted by Gasteiger charge is -1.94. The largest absolute Gasteiger partial charge is 0.130 e. The van der Waals surface area contributed by atoms with Gasteiger partial charge in [-0.25, -0.2) is 0 Å². The zero-order chi connectivity index (χ0) is 6.69. The van der Waals surface area contributed by atoms with Gasteiger partial charge in [0, 0.05) is 4.90 Å². The van der Waals surface area contributed by atoms with Crippen LogP contribution in [0.4, 0.5) is 0 Å². The van der Waals surface area contributed by atoms with Gasteiger partial charge in [-0.1, -0.05) is 12.1 Å². The van der Waals surface area contributed by atoms with Gasteiger partial charge in [0.05, 0.1) is 0 Å². The molecule has 1 aromatic rings. The van der Waals surface area contributed by atoms with E-state index >= 15 is 0 Å². The molecule has 0 bridgehead atoms. The van der Waals surface area contributed by atoms with Crippen LogP contribution in [0, 0.1) is 6.92 Å². The van der Waals surface area contributed by atoms with Crippen molar-refractivity contribution < 1.29 is 0 Å². The van der Waals surface area contributed by atoms with Crippen LogP contribution in [-0.4, -0.2) is 6.26 Å². The Bertz CT molecular complexity index is 194. The molecule has 1 heteroatoms. The highest BCUT2D eigenvalue weighted by molar-refractivity contribution is 7.98. The molecule has 0 atom stereocenters. The van der Waals surface area contributed by atoms with Crippen LogP contribution in [0.5, 0.6) is 0 Å². The summed E-state index contributed by atoms with van der Waals surface area (Å²) >= 11 is 1.70. The van der Waals surface area contributed by atoms with Crippen molar-refractivity contribution in [2.45, 2.75) is 4.90 Å². The smallest absolute Gasteiger partial charge is 0.00719 e. The Morgan fingerprint density at radius 3 is 2.67 bits per heavy atom. The second-order valence-corrected chi connectivity index (χ2v) is 2.66. The molecule has 0 aliphatic carbocycles. The highest BCUT2D eigenvalue weighted by Gasteiger charge is 1.86. The van der Waals surface area contributed by atoms with Crippen molar-refractivity contribution in [1.82, 2.24) is 0 Å². The van der Waals surface area contributed by atoms with E-state index in [4.69, 9.17) is 6.92 Å². The summed E-state index contributed by atoms with van der Waals surface area (Å²) in [5.41, 5.74) is 0.835. The molecular formula is C8H8S. The number of rotatable bonds is 1. The van der Waals surface area contributed by atoms with Crippen molar-refractivity contribution in [3.8, 4) is 0 Å². The van der Waals surface area contributed by atoms with Crippen molar-refractivity contribution in [2.24, 2.45) is 0 Å². The van der Waals surface area contributed by atoms with Gasteiger partial charge in [-0.05, 0) is 30.9 Å². The van der Waals surface area contributed by atoms with E-state index in [0.29, 0.717) is 0 Å². The van der Waals surface area contributed by atoms with Crippen molar-refractivity contribution in [3.63, 3.8) is 0 Å². The second kappa shape index (κ2) is 2.92. The van der Waals surface area contributed by atoms with E-state index in [1.165, 1.54) is 4.90 Å². The highest BCUT2D eigenvalue weighted by atomic mass is 32.2. The maximum atomic E-state index is 5.52. The van der Waals surface area contributed by atoms with Gasteiger partial charge in [-0.2, -0.15) is 0 Å². The first-order valence-corrected chi connectivity index (χ1v) is 3.95. The molecule has 1 aromatic carbocycles. The minimum atomic E-state index is 0.835. The van der Waals surface area contributed by atoms with Gasteiger partial charge in [0.1, 0.15) is 0 Å². The van der Waals surface area contributed by atoms with E-state index in [1.54, 1.807) is 11.8 Å². The maximum Gasteiger partial charge on any atom is 0.00719 e. The second-order valence-electron chi connectivity index (χ2n) is 1.78. The standard InChI is InChI=1S/C8H8S/c1-7-4-3-5-8(6-7)9-2/h1,3-6H,2H3. The molecule has 0 saturated carbocycles. The van der Waals surface area contributed by atoms with E-state index in [1.807, 2.05) is 30.5 Å². The lowest BCUT2D eigenvalue weighted by atomic mass is 10.2. The molecule has 0 heterocycles. The van der Waals surface area contributed by atoms with Gasteiger partial charge in [-0.3, -0.25) is 0 Å². The fraction of sp³-hybridized carbons (Fsp3) is 0.125. The Morgan fingerprint density at radius 1 is 1.44 bits per heavy atom. The van der Waals surface area contributed by atoms with Crippen molar-refractivity contribution in [3.05, 3.63) is 36.8 Å². The summed E-state index contributed by atoms with van der Waals surface area (Å²) in [6.45, 7) is 5.52. The summed E-state index contributed by atoms with van der Waals surface area (Å²) in [7, 11) is 0. The minimum Gasteiger partial charge on any atom is -0.130 e. The van der Waals surface area contributed by atoms with Crippen LogP contribution in [0.3, 0.4) is 0 Å². The molecule has 2 radical (unpaired) electrons. The van der Waals surface area contributed by atoms with Gasteiger partial charge in [-0.15, -0.1) is 11.8 Å². The Balaban J connectivity index is 2.94. The van der Waals surface area contributed by atoms with Crippen LogP contribution in [0.2, 0.25) is 0 Å². The van der Waals surface area contributed by atoms with Crippen molar-refractivity contribution in [2.75, 3.05) is 6.26 Å². The summed E-state index contributed by atoms with van der Waals surface area (Å²) in [5, 5.41) is 0. The predicted molar refractivity (Wildman–Crippen MR) is 41.6 cm³/mol. The summed E-state index contributed by atoms with van der Waals surface area (Å²) in [6, 6.07) is 7.85. The molecular weight excluding hydrogens is 128 g/mol. The molecule has 0 N–H and O–H groups in total. The quantitative estimate of drug-likeness (QED) is 0.534. The molecule has 0 aliphatic rings. The third-order valence-electron chi connectivity index (χ3n) is 1.09. The average molecular weight is 136 g/mol. The molecule has 1 rings (SSSR count). The fourth-order valence-electron chi connectivity index (χ4n) is 0.642. The third kappa shape index (κ3) is 1.75. The lowest BCUT2D eigenvalue weighted by Crippen LogP contribution is -1.71. The van der Waals surface area contributed by atoms with Crippen LogP contribution in [0.25, 0.3) is 0 Å². The molecule has 0 saturated heterocycles. The summed E-state index contributed by atoms with van der Waals surface area (Å²) in [4.78, 5) is 1.22. The number of thioether (sulfide) groups is 1. The Hall–Kier alpha value is -0.430. The zero-order valence-corrected chi connectivity index (χ0v) is 6.11. The van der Waals surface area contributed by atoms with Crippen molar-refractivity contribution in [1.29, 1.82) is 0 Å². The molecule has 0 amide bonds. The average Bonchev–Trinajstić information content (AvgIpc) is 1.88. The molecule has 0 aliphatic heterocycles. The van der Waals surface area contributed by atoms with Crippen LogP contribution in [0.15, 0.2) is 29.2 Å². The Labute approximate surface area is 60.3 Å². The SMILES string of the molecule is [CH]c1cccc(SC)c1. The molecule has 0 spiro atoms. The molecule has 0 unspecified atom stereocenters. The maximum absolute atomic E-state index is 5.52.